The molecule has 0 bridgehead atoms. The van der Waals surface area contributed by atoms with E-state index in [1.807, 2.05) is 25.1 Å². The van der Waals surface area contributed by atoms with Crippen molar-refractivity contribution in [2.24, 2.45) is 5.73 Å². The normalized spacial score (nSPS) is 12.2. The molecule has 2 nitrogen and oxygen atoms in total. The molecule has 0 aliphatic carbocycles. The van der Waals surface area contributed by atoms with Gasteiger partial charge in [0.2, 0.25) is 0 Å². The zero-order valence-corrected chi connectivity index (χ0v) is 8.08. The van der Waals surface area contributed by atoms with Crippen LogP contribution in [0.3, 0.4) is 0 Å². The summed E-state index contributed by atoms with van der Waals surface area (Å²) in [5, 5.41) is 0. The summed E-state index contributed by atoms with van der Waals surface area (Å²) in [4.78, 5) is 0. The van der Waals surface area contributed by atoms with Crippen molar-refractivity contribution in [3.63, 3.8) is 0 Å². The van der Waals surface area contributed by atoms with E-state index in [9.17, 15) is 0 Å². The van der Waals surface area contributed by atoms with Gasteiger partial charge in [-0.1, -0.05) is 18.2 Å². The lowest BCUT2D eigenvalue weighted by Crippen LogP contribution is -2.06. The third-order valence-electron chi connectivity index (χ3n) is 2.07. The van der Waals surface area contributed by atoms with E-state index in [1.165, 1.54) is 0 Å². The van der Waals surface area contributed by atoms with E-state index >= 15 is 0 Å². The standard InChI is InChI=1S/C11H15NO/c1-4-10(12)9-6-5-8(2)11(7-9)13-3/h4-7,10H,1,12H2,2-3H3/t10-/m0/s1. The van der Waals surface area contributed by atoms with Crippen molar-refractivity contribution >= 4 is 0 Å². The van der Waals surface area contributed by atoms with Crippen molar-refractivity contribution in [2.45, 2.75) is 13.0 Å². The Balaban J connectivity index is 3.05. The molecule has 0 unspecified atom stereocenters. The van der Waals surface area contributed by atoms with E-state index in [0.29, 0.717) is 0 Å². The number of aryl methyl sites for hydroxylation is 1. The zero-order valence-electron chi connectivity index (χ0n) is 8.08. The first kappa shape index (κ1) is 9.81. The number of ether oxygens (including phenoxy) is 1. The Labute approximate surface area is 79.0 Å². The lowest BCUT2D eigenvalue weighted by atomic mass is 10.1. The maximum absolute atomic E-state index is 5.79. The summed E-state index contributed by atoms with van der Waals surface area (Å²) >= 11 is 0. The highest BCUT2D eigenvalue weighted by Gasteiger charge is 2.04. The van der Waals surface area contributed by atoms with Crippen LogP contribution in [-0.2, 0) is 0 Å². The molecular weight excluding hydrogens is 162 g/mol. The van der Waals surface area contributed by atoms with Crippen LogP contribution in [0.2, 0.25) is 0 Å². The zero-order chi connectivity index (χ0) is 9.84. The van der Waals surface area contributed by atoms with Crippen LogP contribution in [0, 0.1) is 6.92 Å². The largest absolute Gasteiger partial charge is 0.496 e. The summed E-state index contributed by atoms with van der Waals surface area (Å²) in [5.74, 6) is 0.870. The van der Waals surface area contributed by atoms with Gasteiger partial charge in [-0.2, -0.15) is 0 Å². The first-order valence-electron chi connectivity index (χ1n) is 4.21. The number of nitrogens with two attached hydrogens (primary N) is 1. The summed E-state index contributed by atoms with van der Waals surface area (Å²) in [6.07, 6.45) is 1.71. The van der Waals surface area contributed by atoms with Crippen LogP contribution in [0.15, 0.2) is 30.9 Å². The van der Waals surface area contributed by atoms with E-state index in [2.05, 4.69) is 6.58 Å². The molecule has 0 aliphatic rings. The Bertz CT molecular complexity index is 307. The van der Waals surface area contributed by atoms with Crippen LogP contribution in [-0.4, -0.2) is 7.11 Å². The molecule has 13 heavy (non-hydrogen) atoms. The predicted molar refractivity (Wildman–Crippen MR) is 54.9 cm³/mol. The van der Waals surface area contributed by atoms with E-state index in [-0.39, 0.29) is 6.04 Å². The summed E-state index contributed by atoms with van der Waals surface area (Å²) < 4.78 is 5.19. The van der Waals surface area contributed by atoms with Gasteiger partial charge < -0.3 is 10.5 Å². The quantitative estimate of drug-likeness (QED) is 0.718. The lowest BCUT2D eigenvalue weighted by molar-refractivity contribution is 0.411. The molecule has 70 valence electrons. The van der Waals surface area contributed by atoms with Crippen LogP contribution in [0.1, 0.15) is 17.2 Å². The van der Waals surface area contributed by atoms with Gasteiger partial charge in [-0.05, 0) is 24.1 Å². The molecule has 0 spiro atoms. The molecule has 1 aromatic rings. The monoisotopic (exact) mass is 177 g/mol. The Morgan fingerprint density at radius 3 is 2.77 bits per heavy atom. The van der Waals surface area contributed by atoms with Crippen molar-refractivity contribution in [1.29, 1.82) is 0 Å². The molecule has 0 aliphatic heterocycles. The average Bonchev–Trinajstić information content (AvgIpc) is 2.17. The molecule has 0 aromatic heterocycles. The van der Waals surface area contributed by atoms with E-state index in [0.717, 1.165) is 16.9 Å². The SMILES string of the molecule is C=C[C@H](N)c1ccc(C)c(OC)c1. The van der Waals surface area contributed by atoms with Gasteiger partial charge in [0, 0.05) is 6.04 Å². The lowest BCUT2D eigenvalue weighted by Gasteiger charge is -2.10. The van der Waals surface area contributed by atoms with Gasteiger partial charge in [0.1, 0.15) is 5.75 Å². The third kappa shape index (κ3) is 2.10. The second-order valence-electron chi connectivity index (χ2n) is 2.99. The fourth-order valence-corrected chi connectivity index (χ4v) is 1.18. The smallest absolute Gasteiger partial charge is 0.122 e. The average molecular weight is 177 g/mol. The van der Waals surface area contributed by atoms with E-state index in [4.69, 9.17) is 10.5 Å². The molecule has 0 radical (unpaired) electrons. The highest BCUT2D eigenvalue weighted by Crippen LogP contribution is 2.22. The minimum Gasteiger partial charge on any atom is -0.496 e. The van der Waals surface area contributed by atoms with Crippen molar-refractivity contribution in [3.8, 4) is 5.75 Å². The maximum Gasteiger partial charge on any atom is 0.122 e. The summed E-state index contributed by atoms with van der Waals surface area (Å²) in [6, 6.07) is 5.82. The first-order valence-corrected chi connectivity index (χ1v) is 4.21. The van der Waals surface area contributed by atoms with Crippen molar-refractivity contribution in [3.05, 3.63) is 42.0 Å². The molecule has 1 rings (SSSR count). The maximum atomic E-state index is 5.79. The molecular formula is C11H15NO. The number of rotatable bonds is 3. The predicted octanol–water partition coefficient (Wildman–Crippen LogP) is 2.19. The second kappa shape index (κ2) is 4.10. The minimum atomic E-state index is -0.116. The van der Waals surface area contributed by atoms with Crippen LogP contribution in [0.25, 0.3) is 0 Å². The first-order chi connectivity index (χ1) is 6.19. The molecule has 1 aromatic carbocycles. The Morgan fingerprint density at radius 1 is 1.54 bits per heavy atom. The second-order valence-corrected chi connectivity index (χ2v) is 2.99. The van der Waals surface area contributed by atoms with Crippen LogP contribution in [0.5, 0.6) is 5.75 Å². The van der Waals surface area contributed by atoms with Crippen molar-refractivity contribution < 1.29 is 4.74 Å². The topological polar surface area (TPSA) is 35.2 Å². The highest BCUT2D eigenvalue weighted by atomic mass is 16.5. The van der Waals surface area contributed by atoms with Gasteiger partial charge in [-0.15, -0.1) is 6.58 Å². The molecule has 0 amide bonds. The van der Waals surface area contributed by atoms with Gasteiger partial charge >= 0.3 is 0 Å². The Kier molecular flexibility index (Phi) is 3.09. The minimum absolute atomic E-state index is 0.116. The van der Waals surface area contributed by atoms with E-state index < -0.39 is 0 Å². The number of hydrogen-bond donors (Lipinski definition) is 1. The number of methoxy groups -OCH3 is 1. The fourth-order valence-electron chi connectivity index (χ4n) is 1.18. The van der Waals surface area contributed by atoms with Gasteiger partial charge in [0.15, 0.2) is 0 Å². The molecule has 2 N–H and O–H groups in total. The molecule has 0 saturated carbocycles. The van der Waals surface area contributed by atoms with Gasteiger partial charge in [-0.3, -0.25) is 0 Å². The summed E-state index contributed by atoms with van der Waals surface area (Å²) in [6.45, 7) is 5.65. The summed E-state index contributed by atoms with van der Waals surface area (Å²) in [7, 11) is 1.66. The highest BCUT2D eigenvalue weighted by molar-refractivity contribution is 5.38. The van der Waals surface area contributed by atoms with Crippen LogP contribution < -0.4 is 10.5 Å². The molecule has 1 atom stereocenters. The molecule has 0 heterocycles. The van der Waals surface area contributed by atoms with E-state index in [1.54, 1.807) is 13.2 Å². The molecule has 0 saturated heterocycles. The van der Waals surface area contributed by atoms with Crippen LogP contribution in [0.4, 0.5) is 0 Å². The van der Waals surface area contributed by atoms with Gasteiger partial charge in [-0.25, -0.2) is 0 Å². The van der Waals surface area contributed by atoms with Crippen molar-refractivity contribution in [1.82, 2.24) is 0 Å². The Hall–Kier alpha value is -1.28. The van der Waals surface area contributed by atoms with Gasteiger partial charge in [0.05, 0.1) is 7.11 Å². The number of hydrogen-bond acceptors (Lipinski definition) is 2. The van der Waals surface area contributed by atoms with Crippen LogP contribution >= 0.6 is 0 Å². The third-order valence-corrected chi connectivity index (χ3v) is 2.07. The fraction of sp³-hybridized carbons (Fsp3) is 0.273. The van der Waals surface area contributed by atoms with Gasteiger partial charge in [0.25, 0.3) is 0 Å². The molecule has 0 fully saturated rings. The summed E-state index contributed by atoms with van der Waals surface area (Å²) in [5.41, 5.74) is 7.93. The number of benzene rings is 1. The molecule has 2 heteroatoms. The van der Waals surface area contributed by atoms with Crippen molar-refractivity contribution in [2.75, 3.05) is 7.11 Å². The Morgan fingerprint density at radius 2 is 2.23 bits per heavy atom.